The van der Waals surface area contributed by atoms with E-state index in [0.717, 1.165) is 6.07 Å². The van der Waals surface area contributed by atoms with Gasteiger partial charge in [-0.2, -0.15) is 13.2 Å². The van der Waals surface area contributed by atoms with Gasteiger partial charge in [0.05, 0.1) is 0 Å². The molecule has 0 bridgehead atoms. The fourth-order valence-corrected chi connectivity index (χ4v) is 0.667. The van der Waals surface area contributed by atoms with Crippen molar-refractivity contribution in [1.29, 1.82) is 0 Å². The van der Waals surface area contributed by atoms with Crippen molar-refractivity contribution in [3.05, 3.63) is 11.9 Å². The van der Waals surface area contributed by atoms with Gasteiger partial charge in [-0.1, -0.05) is 0 Å². The van der Waals surface area contributed by atoms with Gasteiger partial charge in [0, 0.05) is 6.07 Å². The summed E-state index contributed by atoms with van der Waals surface area (Å²) in [6.07, 6.45) is -4.62. The smallest absolute Gasteiger partial charge is 0.384 e. The highest BCUT2D eigenvalue weighted by Crippen LogP contribution is 2.27. The first kappa shape index (κ1) is 9.52. The second kappa shape index (κ2) is 3.05. The number of halogens is 3. The van der Waals surface area contributed by atoms with Gasteiger partial charge in [-0.05, 0) is 0 Å². The molecule has 1 aromatic rings. The van der Waals surface area contributed by atoms with E-state index in [9.17, 15) is 13.2 Å². The standard InChI is InChI=1S/C5H6F3N5/c6-5(7,8)4-11-2(9)1-3(12-4)13-10/h1H,10H2,(H3,9,11,12,13). The van der Waals surface area contributed by atoms with E-state index in [1.165, 1.54) is 0 Å². The Morgan fingerprint density at radius 1 is 1.31 bits per heavy atom. The van der Waals surface area contributed by atoms with Crippen LogP contribution in [-0.2, 0) is 6.18 Å². The molecule has 0 aliphatic carbocycles. The van der Waals surface area contributed by atoms with Crippen LogP contribution in [0.2, 0.25) is 0 Å². The van der Waals surface area contributed by atoms with Gasteiger partial charge in [0.25, 0.3) is 0 Å². The number of alkyl halides is 3. The molecule has 0 saturated heterocycles. The minimum Gasteiger partial charge on any atom is -0.384 e. The molecule has 0 aliphatic heterocycles. The number of hydrogen-bond donors (Lipinski definition) is 3. The van der Waals surface area contributed by atoms with Crippen LogP contribution in [0.25, 0.3) is 0 Å². The second-order valence-electron chi connectivity index (χ2n) is 2.14. The number of aromatic nitrogens is 2. The van der Waals surface area contributed by atoms with E-state index in [2.05, 4.69) is 9.97 Å². The fraction of sp³-hybridized carbons (Fsp3) is 0.200. The van der Waals surface area contributed by atoms with Crippen molar-refractivity contribution < 1.29 is 13.2 Å². The molecule has 5 nitrogen and oxygen atoms in total. The Hall–Kier alpha value is -1.57. The Labute approximate surface area is 70.9 Å². The van der Waals surface area contributed by atoms with Crippen molar-refractivity contribution in [1.82, 2.24) is 9.97 Å². The van der Waals surface area contributed by atoms with Crippen molar-refractivity contribution >= 4 is 11.6 Å². The van der Waals surface area contributed by atoms with Gasteiger partial charge >= 0.3 is 6.18 Å². The van der Waals surface area contributed by atoms with E-state index in [1.54, 1.807) is 0 Å². The van der Waals surface area contributed by atoms with E-state index in [1.807, 2.05) is 5.43 Å². The van der Waals surface area contributed by atoms with Gasteiger partial charge in [0.2, 0.25) is 5.82 Å². The monoisotopic (exact) mass is 193 g/mol. The van der Waals surface area contributed by atoms with Crippen molar-refractivity contribution in [2.75, 3.05) is 11.2 Å². The number of nitrogens with two attached hydrogens (primary N) is 2. The summed E-state index contributed by atoms with van der Waals surface area (Å²) >= 11 is 0. The first-order valence-electron chi connectivity index (χ1n) is 3.12. The quantitative estimate of drug-likeness (QED) is 0.442. The highest BCUT2D eigenvalue weighted by atomic mass is 19.4. The lowest BCUT2D eigenvalue weighted by molar-refractivity contribution is -0.144. The first-order chi connectivity index (χ1) is 5.93. The zero-order valence-corrected chi connectivity index (χ0v) is 6.26. The van der Waals surface area contributed by atoms with E-state index in [-0.39, 0.29) is 11.6 Å². The normalized spacial score (nSPS) is 11.4. The molecule has 0 atom stereocenters. The van der Waals surface area contributed by atoms with Crippen LogP contribution in [-0.4, -0.2) is 9.97 Å². The van der Waals surface area contributed by atoms with Crippen LogP contribution < -0.4 is 17.0 Å². The number of hydrazine groups is 1. The molecule has 0 unspecified atom stereocenters. The first-order valence-corrected chi connectivity index (χ1v) is 3.12. The number of nitrogens with one attached hydrogen (secondary N) is 1. The Kier molecular flexibility index (Phi) is 2.24. The molecule has 8 heteroatoms. The zero-order valence-electron chi connectivity index (χ0n) is 6.26. The van der Waals surface area contributed by atoms with Crippen LogP contribution in [0.15, 0.2) is 6.07 Å². The Morgan fingerprint density at radius 3 is 2.38 bits per heavy atom. The van der Waals surface area contributed by atoms with Gasteiger partial charge in [0.1, 0.15) is 11.6 Å². The van der Waals surface area contributed by atoms with Crippen LogP contribution in [0.1, 0.15) is 5.82 Å². The summed E-state index contributed by atoms with van der Waals surface area (Å²) in [5, 5.41) is 0. The molecule has 0 aliphatic rings. The van der Waals surface area contributed by atoms with E-state index in [4.69, 9.17) is 11.6 Å². The number of anilines is 2. The van der Waals surface area contributed by atoms with Crippen LogP contribution in [0.3, 0.4) is 0 Å². The highest BCUT2D eigenvalue weighted by Gasteiger charge is 2.35. The molecule has 1 rings (SSSR count). The summed E-state index contributed by atoms with van der Waals surface area (Å²) < 4.78 is 36.1. The van der Waals surface area contributed by atoms with E-state index < -0.39 is 12.0 Å². The summed E-state index contributed by atoms with van der Waals surface area (Å²) in [7, 11) is 0. The third-order valence-corrected chi connectivity index (χ3v) is 1.15. The number of hydrogen-bond acceptors (Lipinski definition) is 5. The van der Waals surface area contributed by atoms with Gasteiger partial charge in [-0.3, -0.25) is 0 Å². The minimum atomic E-state index is -4.62. The molecule has 0 spiro atoms. The van der Waals surface area contributed by atoms with Crippen molar-refractivity contribution in [2.24, 2.45) is 5.84 Å². The van der Waals surface area contributed by atoms with Crippen LogP contribution in [0, 0.1) is 0 Å². The molecule has 0 amide bonds. The summed E-state index contributed by atoms with van der Waals surface area (Å²) in [6, 6.07) is 1.09. The highest BCUT2D eigenvalue weighted by molar-refractivity contribution is 5.43. The predicted octanol–water partition coefficient (Wildman–Crippen LogP) is 0.363. The van der Waals surface area contributed by atoms with Gasteiger partial charge in [-0.15, -0.1) is 0 Å². The van der Waals surface area contributed by atoms with Crippen LogP contribution in [0.5, 0.6) is 0 Å². The average molecular weight is 193 g/mol. The van der Waals surface area contributed by atoms with Crippen molar-refractivity contribution in [2.45, 2.75) is 6.18 Å². The maximum Gasteiger partial charge on any atom is 0.451 e. The molecule has 72 valence electrons. The zero-order chi connectivity index (χ0) is 10.1. The third-order valence-electron chi connectivity index (χ3n) is 1.15. The summed E-state index contributed by atoms with van der Waals surface area (Å²) in [5.74, 6) is 3.07. The topological polar surface area (TPSA) is 89.8 Å². The van der Waals surface area contributed by atoms with Crippen molar-refractivity contribution in [3.63, 3.8) is 0 Å². The number of nitrogen functional groups attached to an aromatic ring is 2. The van der Waals surface area contributed by atoms with Crippen molar-refractivity contribution in [3.8, 4) is 0 Å². The van der Waals surface area contributed by atoms with Gasteiger partial charge in [-0.25, -0.2) is 15.8 Å². The van der Waals surface area contributed by atoms with Crippen LogP contribution in [0.4, 0.5) is 24.8 Å². The Bertz CT molecular complexity index is 310. The van der Waals surface area contributed by atoms with E-state index >= 15 is 0 Å². The molecule has 0 radical (unpaired) electrons. The number of nitrogens with zero attached hydrogens (tertiary/aromatic N) is 2. The average Bonchev–Trinajstić information content (AvgIpc) is 2.01. The Morgan fingerprint density at radius 2 is 1.92 bits per heavy atom. The maximum absolute atomic E-state index is 12.0. The fourth-order valence-electron chi connectivity index (χ4n) is 0.667. The molecule has 1 aromatic heterocycles. The molecular weight excluding hydrogens is 187 g/mol. The van der Waals surface area contributed by atoms with Gasteiger partial charge < -0.3 is 11.2 Å². The maximum atomic E-state index is 12.0. The molecule has 5 N–H and O–H groups in total. The van der Waals surface area contributed by atoms with Crippen LogP contribution >= 0.6 is 0 Å². The minimum absolute atomic E-state index is 0.181. The summed E-state index contributed by atoms with van der Waals surface area (Å²) in [6.45, 7) is 0. The number of rotatable bonds is 1. The van der Waals surface area contributed by atoms with Gasteiger partial charge in [0.15, 0.2) is 0 Å². The lowest BCUT2D eigenvalue weighted by Crippen LogP contribution is -2.16. The van der Waals surface area contributed by atoms with E-state index in [0.29, 0.717) is 0 Å². The molecule has 0 saturated carbocycles. The molecule has 1 heterocycles. The summed E-state index contributed by atoms with van der Waals surface area (Å²) in [4.78, 5) is 6.07. The second-order valence-corrected chi connectivity index (χ2v) is 2.14. The lowest BCUT2D eigenvalue weighted by atomic mass is 10.5. The SMILES string of the molecule is NNc1cc(N)nc(C(F)(F)F)n1. The molecule has 0 aromatic carbocycles. The predicted molar refractivity (Wildman–Crippen MR) is 39.3 cm³/mol. The molecular formula is C5H6F3N5. The lowest BCUT2D eigenvalue weighted by Gasteiger charge is -2.07. The summed E-state index contributed by atoms with van der Waals surface area (Å²) in [5.41, 5.74) is 7.03. The third kappa shape index (κ3) is 2.18. The Balaban J connectivity index is 3.16. The molecule has 0 fully saturated rings. The molecule has 13 heavy (non-hydrogen) atoms. The largest absolute Gasteiger partial charge is 0.451 e.